The monoisotopic (exact) mass is 380 g/mol. The van der Waals surface area contributed by atoms with Gasteiger partial charge in [0.05, 0.1) is 0 Å². The van der Waals surface area contributed by atoms with Crippen LogP contribution in [0, 0.1) is 13.8 Å². The number of carbonyl (C=O) groups excluding carboxylic acids is 1. The summed E-state index contributed by atoms with van der Waals surface area (Å²) in [5, 5.41) is 6.03. The minimum atomic E-state index is -0.0623. The summed E-state index contributed by atoms with van der Waals surface area (Å²) < 4.78 is 5.51. The lowest BCUT2D eigenvalue weighted by molar-refractivity contribution is -0.123. The second kappa shape index (κ2) is 9.26. The van der Waals surface area contributed by atoms with Crippen LogP contribution in [0.3, 0.4) is 0 Å². The van der Waals surface area contributed by atoms with Crippen LogP contribution in [0.25, 0.3) is 0 Å². The van der Waals surface area contributed by atoms with Gasteiger partial charge in [0.1, 0.15) is 5.75 Å². The molecule has 6 nitrogen and oxygen atoms in total. The number of nitrogens with one attached hydrogen (secondary N) is 2. The molecule has 0 spiro atoms. The number of benzene rings is 2. The van der Waals surface area contributed by atoms with E-state index in [1.807, 2.05) is 36.4 Å². The van der Waals surface area contributed by atoms with Crippen molar-refractivity contribution in [2.24, 2.45) is 10.7 Å². The fraction of sp³-hybridized carbons (Fsp3) is 0.364. The first-order valence-electron chi connectivity index (χ1n) is 9.64. The van der Waals surface area contributed by atoms with Crippen molar-refractivity contribution in [3.8, 4) is 5.75 Å². The lowest BCUT2D eigenvalue weighted by atomic mass is 10.1. The van der Waals surface area contributed by atoms with Gasteiger partial charge in [-0.2, -0.15) is 0 Å². The molecule has 1 aliphatic carbocycles. The van der Waals surface area contributed by atoms with Crippen molar-refractivity contribution in [1.82, 2.24) is 5.32 Å². The van der Waals surface area contributed by atoms with E-state index in [0.717, 1.165) is 30.5 Å². The quantitative estimate of drug-likeness (QED) is 0.485. The van der Waals surface area contributed by atoms with Crippen LogP contribution >= 0.6 is 0 Å². The van der Waals surface area contributed by atoms with Crippen molar-refractivity contribution in [3.63, 3.8) is 0 Å². The molecule has 148 valence electrons. The normalized spacial score (nSPS) is 13.9. The van der Waals surface area contributed by atoms with Crippen LogP contribution in [0.4, 0.5) is 5.69 Å². The number of aliphatic imine (C=N–C) groups is 1. The van der Waals surface area contributed by atoms with Crippen molar-refractivity contribution in [1.29, 1.82) is 0 Å². The van der Waals surface area contributed by atoms with Crippen LogP contribution in [-0.2, 0) is 11.2 Å². The van der Waals surface area contributed by atoms with Gasteiger partial charge in [-0.3, -0.25) is 9.79 Å². The smallest absolute Gasteiger partial charge is 0.258 e. The zero-order chi connectivity index (χ0) is 19.9. The second-order valence-electron chi connectivity index (χ2n) is 7.29. The van der Waals surface area contributed by atoms with Crippen LogP contribution in [0.2, 0.25) is 0 Å². The van der Waals surface area contributed by atoms with Gasteiger partial charge in [0.2, 0.25) is 0 Å². The van der Waals surface area contributed by atoms with Crippen LogP contribution in [0.5, 0.6) is 5.75 Å². The predicted octanol–water partition coefficient (Wildman–Crippen LogP) is 2.93. The highest BCUT2D eigenvalue weighted by molar-refractivity contribution is 5.92. The number of hydrogen-bond acceptors (Lipinski definition) is 3. The summed E-state index contributed by atoms with van der Waals surface area (Å²) in [5.74, 6) is 1.04. The van der Waals surface area contributed by atoms with Gasteiger partial charge in [0.15, 0.2) is 12.6 Å². The van der Waals surface area contributed by atoms with Crippen LogP contribution in [-0.4, -0.2) is 31.1 Å². The number of rotatable bonds is 8. The average Bonchev–Trinajstić information content (AvgIpc) is 3.44. The maximum Gasteiger partial charge on any atom is 0.258 e. The van der Waals surface area contributed by atoms with E-state index in [4.69, 9.17) is 10.5 Å². The molecule has 0 atom stereocenters. The van der Waals surface area contributed by atoms with Crippen LogP contribution < -0.4 is 21.1 Å². The Kier molecular flexibility index (Phi) is 6.53. The summed E-state index contributed by atoms with van der Waals surface area (Å²) in [6, 6.07) is 14.3. The number of guanidine groups is 1. The van der Waals surface area contributed by atoms with Gasteiger partial charge in [0.25, 0.3) is 5.91 Å². The number of carbonyl (C=O) groups is 1. The summed E-state index contributed by atoms with van der Waals surface area (Å²) in [7, 11) is 0. The third-order valence-corrected chi connectivity index (χ3v) is 4.41. The first kappa shape index (κ1) is 19.7. The van der Waals surface area contributed by atoms with Gasteiger partial charge >= 0.3 is 0 Å². The Balaban J connectivity index is 1.42. The van der Waals surface area contributed by atoms with E-state index in [9.17, 15) is 4.79 Å². The molecule has 0 aliphatic heterocycles. The van der Waals surface area contributed by atoms with Crippen LogP contribution in [0.15, 0.2) is 47.5 Å². The van der Waals surface area contributed by atoms with Gasteiger partial charge in [-0.15, -0.1) is 0 Å². The van der Waals surface area contributed by atoms with Gasteiger partial charge in [0, 0.05) is 18.3 Å². The second-order valence-corrected chi connectivity index (χ2v) is 7.29. The minimum absolute atomic E-state index is 0.0563. The molecule has 0 unspecified atom stereocenters. The Labute approximate surface area is 166 Å². The number of nitrogens with zero attached hydrogens (tertiary/aromatic N) is 1. The van der Waals surface area contributed by atoms with Crippen LogP contribution in [0.1, 0.15) is 29.5 Å². The summed E-state index contributed by atoms with van der Waals surface area (Å²) in [6.45, 7) is 4.76. The highest BCUT2D eigenvalue weighted by Gasteiger charge is 2.23. The largest absolute Gasteiger partial charge is 0.484 e. The lowest BCUT2D eigenvalue weighted by Gasteiger charge is -2.08. The van der Waals surface area contributed by atoms with E-state index < -0.39 is 0 Å². The van der Waals surface area contributed by atoms with E-state index in [2.05, 4.69) is 35.5 Å². The maximum atomic E-state index is 11.6. The highest BCUT2D eigenvalue weighted by Crippen LogP contribution is 2.18. The lowest BCUT2D eigenvalue weighted by Crippen LogP contribution is -2.30. The predicted molar refractivity (Wildman–Crippen MR) is 113 cm³/mol. The molecule has 0 radical (unpaired) electrons. The van der Waals surface area contributed by atoms with Crippen molar-refractivity contribution >= 4 is 17.6 Å². The van der Waals surface area contributed by atoms with E-state index in [1.54, 1.807) is 0 Å². The van der Waals surface area contributed by atoms with Crippen molar-refractivity contribution < 1.29 is 9.53 Å². The number of nitrogens with two attached hydrogens (primary N) is 1. The highest BCUT2D eigenvalue weighted by atomic mass is 16.5. The summed E-state index contributed by atoms with van der Waals surface area (Å²) in [5.41, 5.74) is 10.4. The Bertz CT molecular complexity index is 822. The van der Waals surface area contributed by atoms with Gasteiger partial charge in [-0.25, -0.2) is 0 Å². The maximum absolute atomic E-state index is 11.6. The molecule has 0 saturated heterocycles. The molecule has 1 aliphatic rings. The van der Waals surface area contributed by atoms with Crippen molar-refractivity contribution in [2.45, 2.75) is 39.2 Å². The van der Waals surface area contributed by atoms with E-state index in [0.29, 0.717) is 24.3 Å². The van der Waals surface area contributed by atoms with E-state index in [-0.39, 0.29) is 12.5 Å². The zero-order valence-corrected chi connectivity index (χ0v) is 16.5. The van der Waals surface area contributed by atoms with Crippen molar-refractivity contribution in [3.05, 3.63) is 59.2 Å². The fourth-order valence-electron chi connectivity index (χ4n) is 2.94. The van der Waals surface area contributed by atoms with Crippen molar-refractivity contribution in [2.75, 3.05) is 18.5 Å². The fourth-order valence-corrected chi connectivity index (χ4v) is 2.94. The SMILES string of the molecule is Cc1cc(C)cc(NC(N)=NCCc2ccc(OCC(=O)NC3CC3)cc2)c1. The molecule has 2 aromatic rings. The zero-order valence-electron chi connectivity index (χ0n) is 16.5. The number of hydrogen-bond donors (Lipinski definition) is 3. The molecule has 0 heterocycles. The Morgan fingerprint density at radius 2 is 1.82 bits per heavy atom. The molecular formula is C22H28N4O2. The summed E-state index contributed by atoms with van der Waals surface area (Å²) >= 11 is 0. The first-order chi connectivity index (χ1) is 13.5. The summed E-state index contributed by atoms with van der Waals surface area (Å²) in [4.78, 5) is 16.0. The third-order valence-electron chi connectivity index (χ3n) is 4.41. The topological polar surface area (TPSA) is 88.7 Å². The standard InChI is InChI=1S/C22H28N4O2/c1-15-11-16(2)13-19(12-15)26-22(23)24-10-9-17-3-7-20(8-4-17)28-14-21(27)25-18-5-6-18/h3-4,7-8,11-13,18H,5-6,9-10,14H2,1-2H3,(H,25,27)(H3,23,24,26). The molecule has 0 aromatic heterocycles. The number of amides is 1. The third kappa shape index (κ3) is 6.61. The molecule has 6 heteroatoms. The molecule has 3 rings (SSSR count). The Morgan fingerprint density at radius 1 is 1.14 bits per heavy atom. The van der Waals surface area contributed by atoms with Gasteiger partial charge < -0.3 is 21.1 Å². The molecule has 1 amide bonds. The Morgan fingerprint density at radius 3 is 2.46 bits per heavy atom. The molecule has 2 aromatic carbocycles. The minimum Gasteiger partial charge on any atom is -0.484 e. The number of anilines is 1. The van der Waals surface area contributed by atoms with Gasteiger partial charge in [-0.1, -0.05) is 18.2 Å². The molecule has 0 bridgehead atoms. The molecule has 1 saturated carbocycles. The number of ether oxygens (including phenoxy) is 1. The first-order valence-corrected chi connectivity index (χ1v) is 9.64. The average molecular weight is 380 g/mol. The number of aryl methyl sites for hydroxylation is 2. The molecule has 4 N–H and O–H groups in total. The van der Waals surface area contributed by atoms with E-state index >= 15 is 0 Å². The molecule has 1 fully saturated rings. The Hall–Kier alpha value is -3.02. The molecular weight excluding hydrogens is 352 g/mol. The molecule has 28 heavy (non-hydrogen) atoms. The van der Waals surface area contributed by atoms with Gasteiger partial charge in [-0.05, 0) is 74.1 Å². The van der Waals surface area contributed by atoms with E-state index in [1.165, 1.54) is 11.1 Å². The summed E-state index contributed by atoms with van der Waals surface area (Å²) in [6.07, 6.45) is 2.93.